The SMILES string of the molecule is Cc1[nH]n(-c2ccc(Br)cc2)c(=O)c1/C=N/NC(=O)c1cccnc1. The highest BCUT2D eigenvalue weighted by atomic mass is 79.9. The minimum Gasteiger partial charge on any atom is -0.295 e. The summed E-state index contributed by atoms with van der Waals surface area (Å²) in [5.41, 5.74) is 4.24. The number of H-pyrrole nitrogens is 1. The predicted molar refractivity (Wildman–Crippen MR) is 98.1 cm³/mol. The first-order valence-electron chi connectivity index (χ1n) is 7.37. The molecule has 0 unspecified atom stereocenters. The maximum Gasteiger partial charge on any atom is 0.280 e. The third kappa shape index (κ3) is 3.74. The minimum atomic E-state index is -0.397. The average Bonchev–Trinajstić information content (AvgIpc) is 2.91. The van der Waals surface area contributed by atoms with E-state index in [9.17, 15) is 9.59 Å². The first-order valence-corrected chi connectivity index (χ1v) is 8.16. The van der Waals surface area contributed by atoms with Gasteiger partial charge in [-0.3, -0.25) is 19.7 Å². The molecule has 8 heteroatoms. The van der Waals surface area contributed by atoms with Crippen LogP contribution >= 0.6 is 15.9 Å². The first-order chi connectivity index (χ1) is 12.1. The smallest absolute Gasteiger partial charge is 0.280 e. The topological polar surface area (TPSA) is 92.1 Å². The van der Waals surface area contributed by atoms with Crippen molar-refractivity contribution >= 4 is 28.1 Å². The standard InChI is InChI=1S/C17H14BrN5O2/c1-11-15(10-20-21-16(24)12-3-2-8-19-9-12)17(25)23(22-11)14-6-4-13(18)5-7-14/h2-10,22H,1H3,(H,21,24)/b20-10+. The highest BCUT2D eigenvalue weighted by Crippen LogP contribution is 2.13. The molecule has 2 N–H and O–H groups in total. The Hall–Kier alpha value is -3.00. The Morgan fingerprint density at radius 3 is 2.76 bits per heavy atom. The van der Waals surface area contributed by atoms with Crippen LogP contribution in [0.3, 0.4) is 0 Å². The van der Waals surface area contributed by atoms with Gasteiger partial charge in [0.2, 0.25) is 0 Å². The van der Waals surface area contributed by atoms with E-state index in [0.717, 1.165) is 4.47 Å². The molecular weight excluding hydrogens is 386 g/mol. The van der Waals surface area contributed by atoms with E-state index in [1.54, 1.807) is 25.3 Å². The number of aromatic nitrogens is 3. The van der Waals surface area contributed by atoms with Crippen molar-refractivity contribution in [3.63, 3.8) is 0 Å². The van der Waals surface area contributed by atoms with Crippen molar-refractivity contribution in [1.82, 2.24) is 20.2 Å². The highest BCUT2D eigenvalue weighted by molar-refractivity contribution is 9.10. The van der Waals surface area contributed by atoms with Crippen molar-refractivity contribution in [3.05, 3.63) is 80.4 Å². The Balaban J connectivity index is 1.80. The van der Waals surface area contributed by atoms with Crippen LogP contribution in [0, 0.1) is 6.92 Å². The number of nitrogens with one attached hydrogen (secondary N) is 2. The zero-order valence-electron chi connectivity index (χ0n) is 13.2. The molecule has 0 radical (unpaired) electrons. The number of carbonyl (C=O) groups excluding carboxylic acids is 1. The molecule has 1 aromatic carbocycles. The number of hydrogen-bond donors (Lipinski definition) is 2. The molecule has 3 rings (SSSR count). The minimum absolute atomic E-state index is 0.251. The number of hydrazone groups is 1. The van der Waals surface area contributed by atoms with E-state index >= 15 is 0 Å². The number of rotatable bonds is 4. The lowest BCUT2D eigenvalue weighted by Crippen LogP contribution is -2.20. The summed E-state index contributed by atoms with van der Waals surface area (Å²) in [6, 6.07) is 10.6. The molecule has 7 nitrogen and oxygen atoms in total. The molecule has 0 aliphatic rings. The van der Waals surface area contributed by atoms with Gasteiger partial charge in [-0.15, -0.1) is 0 Å². The van der Waals surface area contributed by atoms with Gasteiger partial charge in [-0.05, 0) is 43.3 Å². The second-order valence-electron chi connectivity index (χ2n) is 5.21. The lowest BCUT2D eigenvalue weighted by molar-refractivity contribution is 0.0955. The summed E-state index contributed by atoms with van der Waals surface area (Å²) in [6.45, 7) is 1.76. The highest BCUT2D eigenvalue weighted by Gasteiger charge is 2.11. The van der Waals surface area contributed by atoms with Crippen molar-refractivity contribution in [3.8, 4) is 5.69 Å². The largest absolute Gasteiger partial charge is 0.295 e. The number of nitrogens with zero attached hydrogens (tertiary/aromatic N) is 3. The molecule has 0 spiro atoms. The first kappa shape index (κ1) is 16.8. The fourth-order valence-electron chi connectivity index (χ4n) is 2.20. The zero-order valence-corrected chi connectivity index (χ0v) is 14.8. The summed E-state index contributed by atoms with van der Waals surface area (Å²) in [5, 5.41) is 6.86. The molecule has 2 heterocycles. The number of aromatic amines is 1. The number of amides is 1. The van der Waals surface area contributed by atoms with Crippen molar-refractivity contribution in [2.24, 2.45) is 5.10 Å². The van der Waals surface area contributed by atoms with Crippen molar-refractivity contribution in [2.75, 3.05) is 0 Å². The summed E-state index contributed by atoms with van der Waals surface area (Å²) in [7, 11) is 0. The molecule has 126 valence electrons. The van der Waals surface area contributed by atoms with Crippen LogP contribution in [0.5, 0.6) is 0 Å². The van der Waals surface area contributed by atoms with Crippen molar-refractivity contribution in [1.29, 1.82) is 0 Å². The van der Waals surface area contributed by atoms with Crippen LogP contribution in [0.2, 0.25) is 0 Å². The molecule has 0 atom stereocenters. The molecule has 0 aliphatic heterocycles. The van der Waals surface area contributed by atoms with E-state index in [1.807, 2.05) is 24.3 Å². The number of pyridine rings is 1. The van der Waals surface area contributed by atoms with Crippen LogP contribution in [0.15, 0.2) is 63.2 Å². The summed E-state index contributed by atoms with van der Waals surface area (Å²) in [6.07, 6.45) is 4.35. The summed E-state index contributed by atoms with van der Waals surface area (Å²) >= 11 is 3.36. The fourth-order valence-corrected chi connectivity index (χ4v) is 2.46. The van der Waals surface area contributed by atoms with Gasteiger partial charge < -0.3 is 0 Å². The Bertz CT molecular complexity index is 975. The molecule has 3 aromatic rings. The van der Waals surface area contributed by atoms with E-state index in [0.29, 0.717) is 22.5 Å². The molecular formula is C17H14BrN5O2. The summed E-state index contributed by atoms with van der Waals surface area (Å²) in [4.78, 5) is 28.3. The Morgan fingerprint density at radius 2 is 2.08 bits per heavy atom. The van der Waals surface area contributed by atoms with Gasteiger partial charge in [-0.2, -0.15) is 5.10 Å². The summed E-state index contributed by atoms with van der Waals surface area (Å²) < 4.78 is 2.35. The Morgan fingerprint density at radius 1 is 1.32 bits per heavy atom. The maximum atomic E-state index is 12.5. The second kappa shape index (κ2) is 7.27. The maximum absolute atomic E-state index is 12.5. The van der Waals surface area contributed by atoms with E-state index in [1.165, 1.54) is 17.1 Å². The van der Waals surface area contributed by atoms with Crippen LogP contribution in [0.25, 0.3) is 5.69 Å². The van der Waals surface area contributed by atoms with Gasteiger partial charge >= 0.3 is 0 Å². The predicted octanol–water partition coefficient (Wildman–Crippen LogP) is 2.40. The lowest BCUT2D eigenvalue weighted by Gasteiger charge is -2.00. The molecule has 0 aliphatic carbocycles. The number of carbonyl (C=O) groups is 1. The van der Waals surface area contributed by atoms with Gasteiger partial charge in [0.1, 0.15) is 0 Å². The molecule has 0 saturated heterocycles. The van der Waals surface area contributed by atoms with Crippen LogP contribution in [0.1, 0.15) is 21.6 Å². The molecule has 1 amide bonds. The van der Waals surface area contributed by atoms with E-state index < -0.39 is 5.91 Å². The molecule has 0 bridgehead atoms. The Kier molecular flexibility index (Phi) is 4.90. The van der Waals surface area contributed by atoms with Crippen LogP contribution in [0.4, 0.5) is 0 Å². The Labute approximate surface area is 151 Å². The number of hydrogen-bond acceptors (Lipinski definition) is 4. The fraction of sp³-hybridized carbons (Fsp3) is 0.0588. The number of benzene rings is 1. The molecule has 0 fully saturated rings. The molecule has 25 heavy (non-hydrogen) atoms. The van der Waals surface area contributed by atoms with Gasteiger partial charge in [0, 0.05) is 22.6 Å². The van der Waals surface area contributed by atoms with Crippen LogP contribution in [-0.4, -0.2) is 26.9 Å². The van der Waals surface area contributed by atoms with E-state index in [2.05, 4.69) is 36.5 Å². The van der Waals surface area contributed by atoms with Gasteiger partial charge in [-0.25, -0.2) is 10.1 Å². The van der Waals surface area contributed by atoms with Gasteiger partial charge in [-0.1, -0.05) is 15.9 Å². The monoisotopic (exact) mass is 399 g/mol. The van der Waals surface area contributed by atoms with Gasteiger partial charge in [0.25, 0.3) is 11.5 Å². The van der Waals surface area contributed by atoms with Gasteiger partial charge in [0.05, 0.1) is 23.0 Å². The number of aryl methyl sites for hydroxylation is 1. The normalized spacial score (nSPS) is 11.0. The lowest BCUT2D eigenvalue weighted by atomic mass is 10.3. The van der Waals surface area contributed by atoms with Crippen LogP contribution in [-0.2, 0) is 0 Å². The second-order valence-corrected chi connectivity index (χ2v) is 6.12. The van der Waals surface area contributed by atoms with Crippen LogP contribution < -0.4 is 11.0 Å². The van der Waals surface area contributed by atoms with Crippen molar-refractivity contribution in [2.45, 2.75) is 6.92 Å². The van der Waals surface area contributed by atoms with Crippen molar-refractivity contribution < 1.29 is 4.79 Å². The molecule has 0 saturated carbocycles. The quantitative estimate of drug-likeness (QED) is 0.521. The van der Waals surface area contributed by atoms with E-state index in [-0.39, 0.29) is 5.56 Å². The average molecular weight is 400 g/mol. The third-order valence-electron chi connectivity index (χ3n) is 3.49. The van der Waals surface area contributed by atoms with Gasteiger partial charge in [0.15, 0.2) is 0 Å². The van der Waals surface area contributed by atoms with E-state index in [4.69, 9.17) is 0 Å². The third-order valence-corrected chi connectivity index (χ3v) is 4.01. The molecule has 2 aromatic heterocycles. The zero-order chi connectivity index (χ0) is 17.8. The number of halogens is 1. The summed E-state index contributed by atoms with van der Waals surface area (Å²) in [5.74, 6) is -0.397.